The van der Waals surface area contributed by atoms with E-state index in [0.717, 1.165) is 31.9 Å². The molecule has 1 aliphatic rings. The fraction of sp³-hybridized carbons (Fsp3) is 0.353. The third-order valence-corrected chi connectivity index (χ3v) is 4.13. The lowest BCUT2D eigenvalue weighted by atomic mass is 10.1. The van der Waals surface area contributed by atoms with Gasteiger partial charge in [-0.05, 0) is 43.2 Å². The van der Waals surface area contributed by atoms with E-state index in [1.54, 1.807) is 42.7 Å². The van der Waals surface area contributed by atoms with Crippen molar-refractivity contribution in [3.63, 3.8) is 0 Å². The second-order valence-corrected chi connectivity index (χ2v) is 6.06. The van der Waals surface area contributed by atoms with Crippen LogP contribution in [0.5, 0.6) is 5.75 Å². The van der Waals surface area contributed by atoms with Crippen LogP contribution in [0, 0.1) is 0 Å². The summed E-state index contributed by atoms with van der Waals surface area (Å²) in [6.07, 6.45) is 5.21. The van der Waals surface area contributed by atoms with Crippen LogP contribution in [0.3, 0.4) is 0 Å². The number of nitrogens with one attached hydrogen (secondary N) is 1. The third kappa shape index (κ3) is 4.58. The van der Waals surface area contributed by atoms with E-state index in [9.17, 15) is 4.79 Å². The van der Waals surface area contributed by atoms with E-state index in [0.29, 0.717) is 10.8 Å². The number of hydrogen-bond acceptors (Lipinski definition) is 5. The lowest BCUT2D eigenvalue weighted by Gasteiger charge is -2.32. The smallest absolute Gasteiger partial charge is 0.258 e. The number of halogens is 1. The van der Waals surface area contributed by atoms with Crippen molar-refractivity contribution < 1.29 is 9.53 Å². The fourth-order valence-corrected chi connectivity index (χ4v) is 2.75. The molecule has 7 heteroatoms. The number of anilines is 1. The molecule has 0 spiro atoms. The van der Waals surface area contributed by atoms with Gasteiger partial charge < -0.3 is 15.0 Å². The predicted octanol–water partition coefficient (Wildman–Crippen LogP) is 2.29. The van der Waals surface area contributed by atoms with Gasteiger partial charge in [0.05, 0.1) is 0 Å². The monoisotopic (exact) mass is 346 g/mol. The average Bonchev–Trinajstić information content (AvgIpc) is 2.63. The maximum Gasteiger partial charge on any atom is 0.258 e. The molecule has 0 saturated carbocycles. The summed E-state index contributed by atoms with van der Waals surface area (Å²) in [5, 5.41) is 3.65. The molecule has 6 nitrogen and oxygen atoms in total. The van der Waals surface area contributed by atoms with E-state index in [4.69, 9.17) is 16.3 Å². The number of rotatable bonds is 5. The van der Waals surface area contributed by atoms with E-state index in [-0.39, 0.29) is 18.6 Å². The van der Waals surface area contributed by atoms with Crippen LogP contribution in [0.1, 0.15) is 12.8 Å². The Labute approximate surface area is 145 Å². The van der Waals surface area contributed by atoms with E-state index < -0.39 is 0 Å². The standard InChI is InChI=1S/C17H19ClN4O2/c18-13-2-4-15(5-3-13)24-12-16(23)21-14-6-10-22(11-7-14)17-19-8-1-9-20-17/h1-5,8-9,14H,6-7,10-12H2,(H,21,23). The summed E-state index contributed by atoms with van der Waals surface area (Å²) in [4.78, 5) is 22.6. The molecule has 2 aromatic rings. The highest BCUT2D eigenvalue weighted by molar-refractivity contribution is 6.30. The minimum absolute atomic E-state index is 0.00361. The van der Waals surface area contributed by atoms with Gasteiger partial charge in [-0.2, -0.15) is 0 Å². The van der Waals surface area contributed by atoms with Crippen molar-refractivity contribution in [2.45, 2.75) is 18.9 Å². The molecule has 1 aromatic heterocycles. The zero-order chi connectivity index (χ0) is 16.8. The van der Waals surface area contributed by atoms with Crippen molar-refractivity contribution in [3.8, 4) is 5.75 Å². The van der Waals surface area contributed by atoms with Gasteiger partial charge in [-0.1, -0.05) is 11.6 Å². The molecule has 0 aliphatic carbocycles. The van der Waals surface area contributed by atoms with Gasteiger partial charge in [0.1, 0.15) is 5.75 Å². The van der Waals surface area contributed by atoms with E-state index in [1.165, 1.54) is 0 Å². The van der Waals surface area contributed by atoms with Gasteiger partial charge in [0.15, 0.2) is 6.61 Å². The largest absolute Gasteiger partial charge is 0.484 e. The van der Waals surface area contributed by atoms with E-state index in [1.807, 2.05) is 0 Å². The normalized spacial score (nSPS) is 15.1. The van der Waals surface area contributed by atoms with E-state index >= 15 is 0 Å². The molecule has 1 N–H and O–H groups in total. The molecule has 1 aromatic carbocycles. The second kappa shape index (κ2) is 7.97. The molecule has 0 bridgehead atoms. The van der Waals surface area contributed by atoms with Gasteiger partial charge in [-0.15, -0.1) is 0 Å². The van der Waals surface area contributed by atoms with Crippen molar-refractivity contribution in [2.75, 3.05) is 24.6 Å². The summed E-state index contributed by atoms with van der Waals surface area (Å²) >= 11 is 5.81. The summed E-state index contributed by atoms with van der Waals surface area (Å²) in [6, 6.07) is 8.91. The second-order valence-electron chi connectivity index (χ2n) is 5.62. The molecule has 1 saturated heterocycles. The molecule has 1 aliphatic heterocycles. The van der Waals surface area contributed by atoms with Gasteiger partial charge in [0, 0.05) is 36.5 Å². The van der Waals surface area contributed by atoms with E-state index in [2.05, 4.69) is 20.2 Å². The maximum absolute atomic E-state index is 12.0. The minimum atomic E-state index is -0.112. The average molecular weight is 347 g/mol. The van der Waals surface area contributed by atoms with Crippen LogP contribution in [0.2, 0.25) is 5.02 Å². The first kappa shape index (κ1) is 16.5. The van der Waals surface area contributed by atoms with Gasteiger partial charge in [0.25, 0.3) is 5.91 Å². The quantitative estimate of drug-likeness (QED) is 0.899. The van der Waals surface area contributed by atoms with Crippen LogP contribution in [-0.4, -0.2) is 41.6 Å². The number of aromatic nitrogens is 2. The SMILES string of the molecule is O=C(COc1ccc(Cl)cc1)NC1CCN(c2ncccn2)CC1. The van der Waals surface area contributed by atoms with Crippen molar-refractivity contribution in [1.29, 1.82) is 0 Å². The first-order chi connectivity index (χ1) is 11.7. The van der Waals surface area contributed by atoms with Crippen LogP contribution >= 0.6 is 11.6 Å². The third-order valence-electron chi connectivity index (χ3n) is 3.88. The zero-order valence-electron chi connectivity index (χ0n) is 13.2. The Kier molecular flexibility index (Phi) is 5.48. The van der Waals surface area contributed by atoms with Crippen LogP contribution in [0.15, 0.2) is 42.7 Å². The Bertz CT molecular complexity index is 658. The van der Waals surface area contributed by atoms with Crippen molar-refractivity contribution >= 4 is 23.5 Å². The molecule has 0 unspecified atom stereocenters. The molecular formula is C17H19ClN4O2. The minimum Gasteiger partial charge on any atom is -0.484 e. The number of ether oxygens (including phenoxy) is 1. The number of carbonyl (C=O) groups is 1. The number of benzene rings is 1. The molecule has 1 amide bonds. The number of piperidine rings is 1. The highest BCUT2D eigenvalue weighted by Crippen LogP contribution is 2.16. The Morgan fingerprint density at radius 2 is 1.88 bits per heavy atom. The summed E-state index contributed by atoms with van der Waals surface area (Å²) in [6.45, 7) is 1.66. The van der Waals surface area contributed by atoms with Crippen molar-refractivity contribution in [3.05, 3.63) is 47.7 Å². The topological polar surface area (TPSA) is 67.3 Å². The molecule has 3 rings (SSSR count). The number of amides is 1. The van der Waals surface area contributed by atoms with Gasteiger partial charge in [-0.3, -0.25) is 4.79 Å². The zero-order valence-corrected chi connectivity index (χ0v) is 13.9. The van der Waals surface area contributed by atoms with Gasteiger partial charge in [0.2, 0.25) is 5.95 Å². The highest BCUT2D eigenvalue weighted by atomic mass is 35.5. The lowest BCUT2D eigenvalue weighted by molar-refractivity contribution is -0.123. The molecule has 0 radical (unpaired) electrons. The molecular weight excluding hydrogens is 328 g/mol. The lowest BCUT2D eigenvalue weighted by Crippen LogP contribution is -2.46. The molecule has 126 valence electrons. The fourth-order valence-electron chi connectivity index (χ4n) is 2.63. The Morgan fingerprint density at radius 3 is 2.54 bits per heavy atom. The predicted molar refractivity (Wildman–Crippen MR) is 92.4 cm³/mol. The number of nitrogens with zero attached hydrogens (tertiary/aromatic N) is 3. The van der Waals surface area contributed by atoms with Crippen LogP contribution in [-0.2, 0) is 4.79 Å². The van der Waals surface area contributed by atoms with Crippen LogP contribution in [0.4, 0.5) is 5.95 Å². The molecule has 1 fully saturated rings. The first-order valence-corrected chi connectivity index (χ1v) is 8.28. The summed E-state index contributed by atoms with van der Waals surface area (Å²) in [5.41, 5.74) is 0. The van der Waals surface area contributed by atoms with Crippen molar-refractivity contribution in [1.82, 2.24) is 15.3 Å². The highest BCUT2D eigenvalue weighted by Gasteiger charge is 2.22. The first-order valence-electron chi connectivity index (χ1n) is 7.90. The molecule has 2 heterocycles. The van der Waals surface area contributed by atoms with Gasteiger partial charge in [-0.25, -0.2) is 9.97 Å². The Hall–Kier alpha value is -2.34. The Balaban J connectivity index is 1.41. The summed E-state index contributed by atoms with van der Waals surface area (Å²) in [7, 11) is 0. The number of hydrogen-bond donors (Lipinski definition) is 1. The van der Waals surface area contributed by atoms with Crippen LogP contribution in [0.25, 0.3) is 0 Å². The van der Waals surface area contributed by atoms with Crippen LogP contribution < -0.4 is 15.0 Å². The molecule has 24 heavy (non-hydrogen) atoms. The molecule has 0 atom stereocenters. The summed E-state index contributed by atoms with van der Waals surface area (Å²) in [5.74, 6) is 1.26. The van der Waals surface area contributed by atoms with Gasteiger partial charge >= 0.3 is 0 Å². The number of carbonyl (C=O) groups excluding carboxylic acids is 1. The maximum atomic E-state index is 12.0. The Morgan fingerprint density at radius 1 is 1.21 bits per heavy atom. The van der Waals surface area contributed by atoms with Crippen molar-refractivity contribution in [2.24, 2.45) is 0 Å². The summed E-state index contributed by atoms with van der Waals surface area (Å²) < 4.78 is 5.45.